The van der Waals surface area contributed by atoms with Gasteiger partial charge in [-0.05, 0) is 57.0 Å². The fourth-order valence-corrected chi connectivity index (χ4v) is 5.66. The van der Waals surface area contributed by atoms with Crippen LogP contribution in [-0.4, -0.2) is 52.3 Å². The van der Waals surface area contributed by atoms with E-state index in [4.69, 9.17) is 23.7 Å². The number of esters is 2. The molecule has 1 N–H and O–H groups in total. The van der Waals surface area contributed by atoms with Gasteiger partial charge in [0.05, 0.1) is 46.0 Å². The molecule has 0 fully saturated rings. The lowest BCUT2D eigenvalue weighted by molar-refractivity contribution is -0.152. The van der Waals surface area contributed by atoms with E-state index in [1.165, 1.54) is 14.2 Å². The number of allylic oxidation sites excluding steroid dienone is 3. The quantitative estimate of drug-likeness (QED) is 0.359. The van der Waals surface area contributed by atoms with E-state index >= 15 is 0 Å². The van der Waals surface area contributed by atoms with Crippen LogP contribution in [0.15, 0.2) is 65.0 Å². The number of ketones is 1. The second kappa shape index (κ2) is 12.3. The Bertz CT molecular complexity index is 1380. The number of Topliss-reactive ketones (excluding diaryl/α,β-unsaturated/α-hetero) is 1. The van der Waals surface area contributed by atoms with Crippen LogP contribution in [0.25, 0.3) is 0 Å². The van der Waals surface area contributed by atoms with E-state index in [9.17, 15) is 14.4 Å². The molecule has 9 heteroatoms. The number of methoxy groups -OCH3 is 3. The zero-order valence-corrected chi connectivity index (χ0v) is 23.7. The smallest absolute Gasteiger partial charge is 0.336 e. The molecule has 4 rings (SSSR count). The van der Waals surface area contributed by atoms with Gasteiger partial charge in [0, 0.05) is 28.4 Å². The highest BCUT2D eigenvalue weighted by molar-refractivity contribution is 6.13. The van der Waals surface area contributed by atoms with Crippen LogP contribution in [0.5, 0.6) is 17.2 Å². The molecular formula is C31H35NO8. The molecule has 0 saturated heterocycles. The molecule has 2 aromatic rings. The van der Waals surface area contributed by atoms with Crippen LogP contribution in [0, 0.1) is 5.92 Å². The number of rotatable bonds is 9. The zero-order valence-electron chi connectivity index (χ0n) is 23.7. The van der Waals surface area contributed by atoms with Crippen molar-refractivity contribution in [2.75, 3.05) is 34.5 Å². The van der Waals surface area contributed by atoms with E-state index in [0.717, 1.165) is 5.56 Å². The van der Waals surface area contributed by atoms with Crippen LogP contribution in [0.4, 0.5) is 0 Å². The summed E-state index contributed by atoms with van der Waals surface area (Å²) in [5.74, 6) is -2.67. The van der Waals surface area contributed by atoms with Crippen molar-refractivity contribution in [3.63, 3.8) is 0 Å². The topological polar surface area (TPSA) is 109 Å². The highest BCUT2D eigenvalue weighted by Crippen LogP contribution is 2.51. The molecule has 2 aromatic carbocycles. The molecule has 0 aromatic heterocycles. The molecule has 0 bridgehead atoms. The summed E-state index contributed by atoms with van der Waals surface area (Å²) in [6.07, 6.45) is 0.307. The molecule has 0 amide bonds. The Hall–Kier alpha value is -4.27. The third kappa shape index (κ3) is 5.15. The van der Waals surface area contributed by atoms with Crippen molar-refractivity contribution in [1.82, 2.24) is 5.32 Å². The molecule has 1 aliphatic heterocycles. The molecule has 0 unspecified atom stereocenters. The van der Waals surface area contributed by atoms with Crippen molar-refractivity contribution in [3.8, 4) is 17.2 Å². The Morgan fingerprint density at radius 1 is 0.900 bits per heavy atom. The first-order chi connectivity index (χ1) is 19.3. The van der Waals surface area contributed by atoms with Crippen LogP contribution < -0.4 is 19.5 Å². The standard InChI is InChI=1S/C31H35NO8/c1-7-39-30(34)25-17(3)32-22-16-20(19-11-9-10-12-23(19)37-5)27(31(35)40-8-2)29(33)28(22)26(25)21-15-18(36-4)13-14-24(21)38-6/h9-15,20,26-27,32H,7-8,16H2,1-6H3/t20-,26+,27+/m0/s1. The Morgan fingerprint density at radius 3 is 2.23 bits per heavy atom. The van der Waals surface area contributed by atoms with Crippen molar-refractivity contribution in [1.29, 1.82) is 0 Å². The molecule has 1 heterocycles. The normalized spacial score (nSPS) is 20.4. The molecular weight excluding hydrogens is 514 g/mol. The third-order valence-electron chi connectivity index (χ3n) is 7.34. The van der Waals surface area contributed by atoms with Gasteiger partial charge < -0.3 is 29.0 Å². The van der Waals surface area contributed by atoms with Crippen molar-refractivity contribution >= 4 is 17.7 Å². The third-order valence-corrected chi connectivity index (χ3v) is 7.34. The van der Waals surface area contributed by atoms with Gasteiger partial charge in [0.1, 0.15) is 23.2 Å². The van der Waals surface area contributed by atoms with Gasteiger partial charge in [0.25, 0.3) is 0 Å². The highest BCUT2D eigenvalue weighted by Gasteiger charge is 2.50. The van der Waals surface area contributed by atoms with Crippen molar-refractivity contribution in [3.05, 3.63) is 76.1 Å². The monoisotopic (exact) mass is 549 g/mol. The first-order valence-corrected chi connectivity index (χ1v) is 13.2. The molecule has 0 spiro atoms. The fourth-order valence-electron chi connectivity index (χ4n) is 5.66. The lowest BCUT2D eigenvalue weighted by Crippen LogP contribution is -2.43. The maximum Gasteiger partial charge on any atom is 0.336 e. The van der Waals surface area contributed by atoms with Crippen LogP contribution in [-0.2, 0) is 23.9 Å². The van der Waals surface area contributed by atoms with Gasteiger partial charge in [-0.15, -0.1) is 0 Å². The summed E-state index contributed by atoms with van der Waals surface area (Å²) in [6.45, 7) is 5.46. The molecule has 40 heavy (non-hydrogen) atoms. The van der Waals surface area contributed by atoms with Crippen molar-refractivity contribution < 1.29 is 38.1 Å². The summed E-state index contributed by atoms with van der Waals surface area (Å²) in [4.78, 5) is 41.4. The molecule has 2 aliphatic rings. The van der Waals surface area contributed by atoms with E-state index in [2.05, 4.69) is 5.32 Å². The summed E-state index contributed by atoms with van der Waals surface area (Å²) in [5, 5.41) is 3.31. The molecule has 212 valence electrons. The van der Waals surface area contributed by atoms with Gasteiger partial charge in [-0.2, -0.15) is 0 Å². The summed E-state index contributed by atoms with van der Waals surface area (Å²) >= 11 is 0. The van der Waals surface area contributed by atoms with Crippen LogP contribution in [0.2, 0.25) is 0 Å². The fraction of sp³-hybridized carbons (Fsp3) is 0.387. The Morgan fingerprint density at radius 2 is 1.57 bits per heavy atom. The number of ether oxygens (including phenoxy) is 5. The largest absolute Gasteiger partial charge is 0.497 e. The number of carbonyl (C=O) groups is 3. The number of benzene rings is 2. The maximum absolute atomic E-state index is 14.5. The average Bonchev–Trinajstić information content (AvgIpc) is 2.96. The van der Waals surface area contributed by atoms with Crippen molar-refractivity contribution in [2.45, 2.75) is 39.0 Å². The summed E-state index contributed by atoms with van der Waals surface area (Å²) < 4.78 is 27.6. The Labute approximate surface area is 234 Å². The lowest BCUT2D eigenvalue weighted by atomic mass is 9.67. The summed E-state index contributed by atoms with van der Waals surface area (Å²) in [6, 6.07) is 12.5. The summed E-state index contributed by atoms with van der Waals surface area (Å²) in [5.41, 5.74) is 2.99. The Balaban J connectivity index is 1.98. The van der Waals surface area contributed by atoms with E-state index in [-0.39, 0.29) is 18.8 Å². The van der Waals surface area contributed by atoms with E-state index in [0.29, 0.717) is 46.2 Å². The minimum absolute atomic E-state index is 0.117. The van der Waals surface area contributed by atoms with E-state index in [1.54, 1.807) is 52.1 Å². The second-order valence-corrected chi connectivity index (χ2v) is 9.46. The Kier molecular flexibility index (Phi) is 8.82. The zero-order chi connectivity index (χ0) is 29.0. The van der Waals surface area contributed by atoms with E-state index in [1.807, 2.05) is 18.2 Å². The highest BCUT2D eigenvalue weighted by atomic mass is 16.5. The second-order valence-electron chi connectivity index (χ2n) is 9.46. The molecule has 0 radical (unpaired) electrons. The molecule has 0 saturated carbocycles. The number of hydrogen-bond donors (Lipinski definition) is 1. The van der Waals surface area contributed by atoms with Gasteiger partial charge >= 0.3 is 11.9 Å². The van der Waals surface area contributed by atoms with Crippen LogP contribution in [0.1, 0.15) is 50.2 Å². The SMILES string of the molecule is CCOC(=O)C1=C(C)NC2=C(C(=O)[C@H](C(=O)OCC)[C@H](c3ccccc3OC)C2)[C@@H]1c1cc(OC)ccc1OC. The number of hydrogen-bond acceptors (Lipinski definition) is 9. The van der Waals surface area contributed by atoms with E-state index < -0.39 is 35.5 Å². The molecule has 3 atom stereocenters. The van der Waals surface area contributed by atoms with Gasteiger partial charge in [-0.3, -0.25) is 9.59 Å². The van der Waals surface area contributed by atoms with Gasteiger partial charge in [0.15, 0.2) is 5.78 Å². The predicted octanol–water partition coefficient (Wildman–Crippen LogP) is 4.43. The minimum Gasteiger partial charge on any atom is -0.497 e. The van der Waals surface area contributed by atoms with Gasteiger partial charge in [-0.25, -0.2) is 4.79 Å². The number of dihydropyridines is 1. The van der Waals surface area contributed by atoms with Crippen LogP contribution in [0.3, 0.4) is 0 Å². The minimum atomic E-state index is -1.15. The van der Waals surface area contributed by atoms with Gasteiger partial charge in [-0.1, -0.05) is 18.2 Å². The number of nitrogens with one attached hydrogen (secondary N) is 1. The number of carbonyl (C=O) groups excluding carboxylic acids is 3. The van der Waals surface area contributed by atoms with Crippen LogP contribution >= 0.6 is 0 Å². The van der Waals surface area contributed by atoms with Crippen molar-refractivity contribution in [2.24, 2.45) is 5.92 Å². The lowest BCUT2D eigenvalue weighted by Gasteiger charge is -2.40. The molecule has 1 aliphatic carbocycles. The number of para-hydroxylation sites is 1. The predicted molar refractivity (Wildman–Crippen MR) is 147 cm³/mol. The van der Waals surface area contributed by atoms with Gasteiger partial charge in [0.2, 0.25) is 0 Å². The first-order valence-electron chi connectivity index (χ1n) is 13.2. The average molecular weight is 550 g/mol. The molecule has 9 nitrogen and oxygen atoms in total. The maximum atomic E-state index is 14.5. The first kappa shape index (κ1) is 28.7. The summed E-state index contributed by atoms with van der Waals surface area (Å²) in [7, 11) is 4.60.